The van der Waals surface area contributed by atoms with Gasteiger partial charge in [-0.05, 0) is 32.4 Å². The Bertz CT molecular complexity index is 897. The van der Waals surface area contributed by atoms with Crippen molar-refractivity contribution in [1.29, 1.82) is 0 Å². The van der Waals surface area contributed by atoms with Crippen LogP contribution in [-0.4, -0.2) is 41.5 Å². The molecule has 2 aromatic rings. The monoisotopic (exact) mass is 402 g/mol. The van der Waals surface area contributed by atoms with E-state index in [2.05, 4.69) is 15.7 Å². The number of fused-ring (bicyclic) bond motifs is 2. The molecule has 1 amide bonds. The van der Waals surface area contributed by atoms with E-state index >= 15 is 0 Å². The molecule has 9 heteroatoms. The maximum atomic E-state index is 13.1. The summed E-state index contributed by atoms with van der Waals surface area (Å²) in [5, 5.41) is 5.21. The molecule has 1 aromatic heterocycles. The lowest BCUT2D eigenvalue weighted by Crippen LogP contribution is -2.59. The molecule has 4 rings (SSSR count). The molecular formula is C19H22N4O4S. The Hall–Kier alpha value is -2.36. The van der Waals surface area contributed by atoms with Crippen LogP contribution in [0.3, 0.4) is 0 Å². The normalized spacial score (nSPS) is 27.3. The van der Waals surface area contributed by atoms with Crippen LogP contribution in [0.1, 0.15) is 26.7 Å². The number of piperidine rings is 1. The van der Waals surface area contributed by atoms with Crippen LogP contribution in [-0.2, 0) is 19.1 Å². The summed E-state index contributed by atoms with van der Waals surface area (Å²) in [4.78, 5) is 42.2. The van der Waals surface area contributed by atoms with Crippen molar-refractivity contribution in [1.82, 2.24) is 15.7 Å². The molecule has 2 N–H and O–H groups in total. The molecule has 2 saturated heterocycles. The highest BCUT2D eigenvalue weighted by Gasteiger charge is 2.52. The van der Waals surface area contributed by atoms with Crippen molar-refractivity contribution in [3.63, 3.8) is 0 Å². The number of carbonyl (C=O) groups excluding carboxylic acids is 3. The first kappa shape index (κ1) is 19.0. The number of nitrogens with one attached hydrogen (secondary N) is 2. The van der Waals surface area contributed by atoms with E-state index in [1.807, 2.05) is 31.2 Å². The molecule has 0 aliphatic carbocycles. The van der Waals surface area contributed by atoms with Gasteiger partial charge in [0.1, 0.15) is 5.92 Å². The predicted molar refractivity (Wildman–Crippen MR) is 104 cm³/mol. The molecule has 2 aliphatic heterocycles. The SMILES string of the molecule is CCOC(=O)CCC1C(=O)C2C(=O)N(c3nc4ccccc4s3)NC2NC1C. The summed E-state index contributed by atoms with van der Waals surface area (Å²) < 4.78 is 5.92. The van der Waals surface area contributed by atoms with Crippen molar-refractivity contribution >= 4 is 44.3 Å². The van der Waals surface area contributed by atoms with Crippen molar-refractivity contribution in [2.75, 3.05) is 11.6 Å². The summed E-state index contributed by atoms with van der Waals surface area (Å²) in [6, 6.07) is 7.50. The third-order valence-electron chi connectivity index (χ3n) is 5.24. The first-order valence-corrected chi connectivity index (χ1v) is 10.2. The largest absolute Gasteiger partial charge is 0.466 e. The topological polar surface area (TPSA) is 101 Å². The zero-order chi connectivity index (χ0) is 19.8. The fourth-order valence-corrected chi connectivity index (χ4v) is 4.80. The second kappa shape index (κ2) is 7.57. The van der Waals surface area contributed by atoms with Crippen LogP contribution in [0.4, 0.5) is 5.13 Å². The van der Waals surface area contributed by atoms with Gasteiger partial charge in [-0.1, -0.05) is 23.5 Å². The number of hydrogen-bond donors (Lipinski definition) is 2. The third-order valence-corrected chi connectivity index (χ3v) is 6.27. The number of rotatable bonds is 5. The highest BCUT2D eigenvalue weighted by Crippen LogP contribution is 2.34. The number of carbonyl (C=O) groups is 3. The van der Waals surface area contributed by atoms with Gasteiger partial charge < -0.3 is 4.74 Å². The van der Waals surface area contributed by atoms with Crippen LogP contribution in [0, 0.1) is 11.8 Å². The van der Waals surface area contributed by atoms with Gasteiger partial charge in [-0.15, -0.1) is 0 Å². The maximum absolute atomic E-state index is 13.1. The third kappa shape index (κ3) is 3.30. The van der Waals surface area contributed by atoms with Crippen molar-refractivity contribution in [2.24, 2.45) is 11.8 Å². The van der Waals surface area contributed by atoms with Gasteiger partial charge in [-0.2, -0.15) is 0 Å². The average molecular weight is 402 g/mol. The lowest BCUT2D eigenvalue weighted by Gasteiger charge is -2.34. The number of hydrazine groups is 1. The number of Topliss-reactive ketones (excluding diaryl/α,β-unsaturated/α-hetero) is 1. The molecule has 4 unspecified atom stereocenters. The van der Waals surface area contributed by atoms with E-state index in [9.17, 15) is 14.4 Å². The molecule has 0 saturated carbocycles. The van der Waals surface area contributed by atoms with E-state index in [1.54, 1.807) is 6.92 Å². The molecular weight excluding hydrogens is 380 g/mol. The van der Waals surface area contributed by atoms with E-state index < -0.39 is 18.0 Å². The van der Waals surface area contributed by atoms with E-state index in [1.165, 1.54) is 16.3 Å². The number of nitrogens with zero attached hydrogens (tertiary/aromatic N) is 2. The van der Waals surface area contributed by atoms with Gasteiger partial charge in [0.2, 0.25) is 5.13 Å². The van der Waals surface area contributed by atoms with Gasteiger partial charge in [0.15, 0.2) is 5.78 Å². The van der Waals surface area contributed by atoms with Gasteiger partial charge in [-0.25, -0.2) is 15.4 Å². The number of amides is 1. The molecule has 1 aromatic carbocycles. The molecule has 0 bridgehead atoms. The minimum Gasteiger partial charge on any atom is -0.466 e. The van der Waals surface area contributed by atoms with Crippen molar-refractivity contribution in [3.05, 3.63) is 24.3 Å². The number of benzene rings is 1. The molecule has 8 nitrogen and oxygen atoms in total. The summed E-state index contributed by atoms with van der Waals surface area (Å²) in [6.45, 7) is 3.96. The molecule has 0 spiro atoms. The quantitative estimate of drug-likeness (QED) is 0.579. The van der Waals surface area contributed by atoms with E-state index in [0.29, 0.717) is 18.2 Å². The van der Waals surface area contributed by atoms with Crippen LogP contribution in [0.5, 0.6) is 0 Å². The second-order valence-corrected chi connectivity index (χ2v) is 8.04. The van der Waals surface area contributed by atoms with Crippen molar-refractivity contribution in [2.45, 2.75) is 38.9 Å². The highest BCUT2D eigenvalue weighted by molar-refractivity contribution is 7.22. The Morgan fingerprint density at radius 2 is 2.11 bits per heavy atom. The molecule has 2 fully saturated rings. The summed E-state index contributed by atoms with van der Waals surface area (Å²) >= 11 is 1.40. The number of anilines is 1. The minimum atomic E-state index is -0.824. The number of ketones is 1. The van der Waals surface area contributed by atoms with Crippen LogP contribution < -0.4 is 15.8 Å². The van der Waals surface area contributed by atoms with Gasteiger partial charge in [0, 0.05) is 18.4 Å². The Morgan fingerprint density at radius 1 is 1.32 bits per heavy atom. The number of ether oxygens (including phenoxy) is 1. The van der Waals surface area contributed by atoms with Crippen LogP contribution >= 0.6 is 11.3 Å². The van der Waals surface area contributed by atoms with Gasteiger partial charge >= 0.3 is 5.97 Å². The Balaban J connectivity index is 1.52. The first-order chi connectivity index (χ1) is 13.5. The summed E-state index contributed by atoms with van der Waals surface area (Å²) in [5.74, 6) is -2.00. The lowest BCUT2D eigenvalue weighted by atomic mass is 9.79. The zero-order valence-corrected chi connectivity index (χ0v) is 16.5. The fourth-order valence-electron chi connectivity index (χ4n) is 3.86. The second-order valence-electron chi connectivity index (χ2n) is 7.03. The Morgan fingerprint density at radius 3 is 2.86 bits per heavy atom. The molecule has 2 aliphatic rings. The Kier molecular flexibility index (Phi) is 5.13. The molecule has 28 heavy (non-hydrogen) atoms. The van der Waals surface area contributed by atoms with E-state index in [0.717, 1.165) is 10.2 Å². The van der Waals surface area contributed by atoms with Gasteiger partial charge in [0.05, 0.1) is 23.0 Å². The standard InChI is InChI=1S/C19H22N4O4S/c1-3-27-14(24)9-8-11-10(2)20-17-15(16(11)25)18(26)23(22-17)19-21-12-6-4-5-7-13(12)28-19/h4-7,10-11,15,17,20,22H,3,8-9H2,1-2H3. The van der Waals surface area contributed by atoms with Crippen molar-refractivity contribution < 1.29 is 19.1 Å². The van der Waals surface area contributed by atoms with E-state index in [4.69, 9.17) is 4.74 Å². The van der Waals surface area contributed by atoms with Gasteiger partial charge in [0.25, 0.3) is 5.91 Å². The lowest BCUT2D eigenvalue weighted by molar-refractivity contribution is -0.144. The summed E-state index contributed by atoms with van der Waals surface area (Å²) in [7, 11) is 0. The van der Waals surface area contributed by atoms with Gasteiger partial charge in [-0.3, -0.25) is 19.7 Å². The van der Waals surface area contributed by atoms with Crippen LogP contribution in [0.15, 0.2) is 24.3 Å². The van der Waals surface area contributed by atoms with Crippen LogP contribution in [0.25, 0.3) is 10.2 Å². The molecule has 4 atom stereocenters. The summed E-state index contributed by atoms with van der Waals surface area (Å²) in [5.41, 5.74) is 3.91. The fraction of sp³-hybridized carbons (Fsp3) is 0.474. The number of thiazole rings is 1. The Labute approximate surface area is 166 Å². The number of aromatic nitrogens is 1. The van der Waals surface area contributed by atoms with Crippen LogP contribution in [0.2, 0.25) is 0 Å². The smallest absolute Gasteiger partial charge is 0.305 e. The summed E-state index contributed by atoms with van der Waals surface area (Å²) in [6.07, 6.45) is 0.0567. The number of hydrogen-bond acceptors (Lipinski definition) is 8. The zero-order valence-electron chi connectivity index (χ0n) is 15.7. The average Bonchev–Trinajstić information content (AvgIpc) is 3.22. The maximum Gasteiger partial charge on any atom is 0.305 e. The van der Waals surface area contributed by atoms with E-state index in [-0.39, 0.29) is 30.1 Å². The molecule has 148 valence electrons. The molecule has 0 radical (unpaired) electrons. The minimum absolute atomic E-state index is 0.137. The highest BCUT2D eigenvalue weighted by atomic mass is 32.1. The first-order valence-electron chi connectivity index (χ1n) is 9.40. The predicted octanol–water partition coefficient (Wildman–Crippen LogP) is 1.61. The molecule has 3 heterocycles. The van der Waals surface area contributed by atoms with Crippen molar-refractivity contribution in [3.8, 4) is 0 Å². The number of esters is 1. The number of para-hydroxylation sites is 1.